The van der Waals surface area contributed by atoms with Gasteiger partial charge in [-0.3, -0.25) is 4.68 Å². The molecule has 0 saturated carbocycles. The summed E-state index contributed by atoms with van der Waals surface area (Å²) in [6.45, 7) is 10.9. The summed E-state index contributed by atoms with van der Waals surface area (Å²) in [5.41, 5.74) is 2.28. The molecular weight excluding hydrogens is 214 g/mol. The van der Waals surface area contributed by atoms with Gasteiger partial charge in [0, 0.05) is 26.2 Å². The quantitative estimate of drug-likeness (QED) is 0.789. The minimum absolute atomic E-state index is 0.394. The Labute approximate surface area is 104 Å². The summed E-state index contributed by atoms with van der Waals surface area (Å²) in [6, 6.07) is 2.51. The smallest absolute Gasteiger partial charge is 0.0622 e. The van der Waals surface area contributed by atoms with E-state index >= 15 is 0 Å². The summed E-state index contributed by atoms with van der Waals surface area (Å²) in [5, 5.41) is 7.88. The van der Waals surface area contributed by atoms with Crippen molar-refractivity contribution < 1.29 is 4.74 Å². The summed E-state index contributed by atoms with van der Waals surface area (Å²) in [4.78, 5) is 0. The maximum Gasteiger partial charge on any atom is 0.0622 e. The maximum atomic E-state index is 5.50. The van der Waals surface area contributed by atoms with Crippen molar-refractivity contribution in [3.05, 3.63) is 17.5 Å². The molecule has 0 bridgehead atoms. The van der Waals surface area contributed by atoms with Crippen LogP contribution in [0.25, 0.3) is 0 Å². The van der Waals surface area contributed by atoms with Gasteiger partial charge in [-0.1, -0.05) is 13.8 Å². The average Bonchev–Trinajstić information content (AvgIpc) is 2.57. The summed E-state index contributed by atoms with van der Waals surface area (Å²) < 4.78 is 7.43. The molecule has 1 atom stereocenters. The van der Waals surface area contributed by atoms with Crippen molar-refractivity contribution in [2.45, 2.75) is 40.3 Å². The van der Waals surface area contributed by atoms with Crippen molar-refractivity contribution in [3.63, 3.8) is 0 Å². The van der Waals surface area contributed by atoms with Gasteiger partial charge in [-0.25, -0.2) is 0 Å². The summed E-state index contributed by atoms with van der Waals surface area (Å²) in [6.07, 6.45) is 0. The van der Waals surface area contributed by atoms with Crippen LogP contribution in [0.15, 0.2) is 6.07 Å². The molecule has 0 aliphatic heterocycles. The monoisotopic (exact) mass is 239 g/mol. The second-order valence-electron chi connectivity index (χ2n) is 4.79. The Hall–Kier alpha value is -0.870. The molecule has 0 fully saturated rings. The average molecular weight is 239 g/mol. The first kappa shape index (κ1) is 14.2. The summed E-state index contributed by atoms with van der Waals surface area (Å²) >= 11 is 0. The zero-order valence-corrected chi connectivity index (χ0v) is 11.7. The lowest BCUT2D eigenvalue weighted by Gasteiger charge is -2.22. The van der Waals surface area contributed by atoms with Crippen LogP contribution in [-0.4, -0.2) is 29.0 Å². The van der Waals surface area contributed by atoms with Gasteiger partial charge in [-0.2, -0.15) is 5.10 Å². The van der Waals surface area contributed by atoms with Gasteiger partial charge in [0.05, 0.1) is 18.0 Å². The van der Waals surface area contributed by atoms with Gasteiger partial charge in [-0.05, 0) is 25.8 Å². The van der Waals surface area contributed by atoms with Crippen molar-refractivity contribution in [3.8, 4) is 0 Å². The van der Waals surface area contributed by atoms with Gasteiger partial charge >= 0.3 is 0 Å². The van der Waals surface area contributed by atoms with Crippen molar-refractivity contribution >= 4 is 0 Å². The molecule has 1 rings (SSSR count). The molecule has 0 saturated heterocycles. The molecule has 4 nitrogen and oxygen atoms in total. The highest BCUT2D eigenvalue weighted by Gasteiger charge is 2.13. The normalized spacial score (nSPS) is 13.3. The van der Waals surface area contributed by atoms with Crippen LogP contribution in [0.2, 0.25) is 0 Å². The van der Waals surface area contributed by atoms with Crippen LogP contribution in [0, 0.1) is 12.8 Å². The van der Waals surface area contributed by atoms with E-state index in [2.05, 4.69) is 30.3 Å². The second kappa shape index (κ2) is 6.77. The zero-order valence-electron chi connectivity index (χ0n) is 11.7. The van der Waals surface area contributed by atoms with Crippen LogP contribution in [0.1, 0.15) is 32.2 Å². The molecule has 98 valence electrons. The predicted octanol–water partition coefficient (Wildman–Crippen LogP) is 1.88. The number of hydrogen-bond donors (Lipinski definition) is 1. The Kier molecular flexibility index (Phi) is 5.65. The first-order chi connectivity index (χ1) is 8.04. The highest BCUT2D eigenvalue weighted by atomic mass is 16.5. The lowest BCUT2D eigenvalue weighted by molar-refractivity contribution is 0.107. The Morgan fingerprint density at radius 2 is 2.18 bits per heavy atom. The van der Waals surface area contributed by atoms with E-state index in [1.807, 2.05) is 25.6 Å². The molecule has 1 heterocycles. The predicted molar refractivity (Wildman–Crippen MR) is 69.9 cm³/mol. The van der Waals surface area contributed by atoms with Crippen molar-refractivity contribution in [2.24, 2.45) is 13.0 Å². The van der Waals surface area contributed by atoms with Crippen LogP contribution >= 0.6 is 0 Å². The number of hydrogen-bond acceptors (Lipinski definition) is 3. The standard InChI is InChI=1S/C13H25N3O/c1-6-17-9-13(10(2)3)14-8-12-7-11(4)15-16(12)5/h7,10,13-14H,6,8-9H2,1-5H3. The molecule has 4 heteroatoms. The first-order valence-electron chi connectivity index (χ1n) is 6.35. The Balaban J connectivity index is 2.48. The summed E-state index contributed by atoms with van der Waals surface area (Å²) in [5.74, 6) is 0.566. The third-order valence-corrected chi connectivity index (χ3v) is 2.95. The molecule has 0 radical (unpaired) electrons. The lowest BCUT2D eigenvalue weighted by Crippen LogP contribution is -2.38. The third kappa shape index (κ3) is 4.48. The van der Waals surface area contributed by atoms with Crippen LogP contribution in [-0.2, 0) is 18.3 Å². The maximum absolute atomic E-state index is 5.50. The zero-order chi connectivity index (χ0) is 12.8. The minimum atomic E-state index is 0.394. The molecular formula is C13H25N3O. The van der Waals surface area contributed by atoms with Gasteiger partial charge in [0.1, 0.15) is 0 Å². The van der Waals surface area contributed by atoms with Crippen molar-refractivity contribution in [1.29, 1.82) is 0 Å². The van der Waals surface area contributed by atoms with Crippen molar-refractivity contribution in [2.75, 3.05) is 13.2 Å². The van der Waals surface area contributed by atoms with E-state index in [9.17, 15) is 0 Å². The Morgan fingerprint density at radius 1 is 1.47 bits per heavy atom. The van der Waals surface area contributed by atoms with Crippen LogP contribution in [0.4, 0.5) is 0 Å². The lowest BCUT2D eigenvalue weighted by atomic mass is 10.1. The molecule has 0 spiro atoms. The topological polar surface area (TPSA) is 39.1 Å². The van der Waals surface area contributed by atoms with E-state index in [4.69, 9.17) is 4.74 Å². The van der Waals surface area contributed by atoms with E-state index in [-0.39, 0.29) is 0 Å². The first-order valence-corrected chi connectivity index (χ1v) is 6.35. The second-order valence-corrected chi connectivity index (χ2v) is 4.79. The van der Waals surface area contributed by atoms with E-state index in [1.54, 1.807) is 0 Å². The van der Waals surface area contributed by atoms with E-state index in [0.717, 1.165) is 25.5 Å². The number of ether oxygens (including phenoxy) is 1. The van der Waals surface area contributed by atoms with Gasteiger partial charge in [0.15, 0.2) is 0 Å². The van der Waals surface area contributed by atoms with Crippen LogP contribution in [0.5, 0.6) is 0 Å². The van der Waals surface area contributed by atoms with Gasteiger partial charge in [0.2, 0.25) is 0 Å². The molecule has 1 unspecified atom stereocenters. The number of rotatable bonds is 7. The molecule has 0 aromatic carbocycles. The number of nitrogens with one attached hydrogen (secondary N) is 1. The Morgan fingerprint density at radius 3 is 2.65 bits per heavy atom. The SMILES string of the molecule is CCOCC(NCc1cc(C)nn1C)C(C)C. The molecule has 0 amide bonds. The third-order valence-electron chi connectivity index (χ3n) is 2.95. The number of aromatic nitrogens is 2. The number of aryl methyl sites for hydroxylation is 2. The van der Waals surface area contributed by atoms with Crippen LogP contribution in [0.3, 0.4) is 0 Å². The minimum Gasteiger partial charge on any atom is -0.380 e. The van der Waals surface area contributed by atoms with Gasteiger partial charge in [0.25, 0.3) is 0 Å². The fraction of sp³-hybridized carbons (Fsp3) is 0.769. The molecule has 1 N–H and O–H groups in total. The molecule has 17 heavy (non-hydrogen) atoms. The highest BCUT2D eigenvalue weighted by Crippen LogP contribution is 2.06. The van der Waals surface area contributed by atoms with Gasteiger partial charge in [-0.15, -0.1) is 0 Å². The van der Waals surface area contributed by atoms with E-state index in [1.165, 1.54) is 5.69 Å². The largest absolute Gasteiger partial charge is 0.380 e. The van der Waals surface area contributed by atoms with Gasteiger partial charge < -0.3 is 10.1 Å². The van der Waals surface area contributed by atoms with Crippen molar-refractivity contribution in [1.82, 2.24) is 15.1 Å². The molecule has 1 aromatic heterocycles. The summed E-state index contributed by atoms with van der Waals surface area (Å²) in [7, 11) is 1.98. The van der Waals surface area contributed by atoms with E-state index < -0.39 is 0 Å². The molecule has 0 aliphatic carbocycles. The van der Waals surface area contributed by atoms with E-state index in [0.29, 0.717) is 12.0 Å². The molecule has 1 aromatic rings. The fourth-order valence-corrected chi connectivity index (χ4v) is 1.80. The molecule has 0 aliphatic rings. The highest BCUT2D eigenvalue weighted by molar-refractivity contribution is 5.08. The van der Waals surface area contributed by atoms with Crippen LogP contribution < -0.4 is 5.32 Å². The fourth-order valence-electron chi connectivity index (χ4n) is 1.80. The number of nitrogens with zero attached hydrogens (tertiary/aromatic N) is 2. The Bertz CT molecular complexity index is 333.